The zero-order valence-electron chi connectivity index (χ0n) is 10.1. The van der Waals surface area contributed by atoms with Gasteiger partial charge >= 0.3 is 5.97 Å². The van der Waals surface area contributed by atoms with Crippen LogP contribution in [-0.4, -0.2) is 24.1 Å². The fraction of sp³-hybridized carbons (Fsp3) is 0.385. The van der Waals surface area contributed by atoms with Gasteiger partial charge in [-0.05, 0) is 37.0 Å². The summed E-state index contributed by atoms with van der Waals surface area (Å²) in [5, 5.41) is 11.7. The van der Waals surface area contributed by atoms with E-state index in [1.165, 1.54) is 13.2 Å². The van der Waals surface area contributed by atoms with Crippen LogP contribution in [0.5, 0.6) is 5.75 Å². The second-order valence-electron chi connectivity index (χ2n) is 4.41. The van der Waals surface area contributed by atoms with E-state index in [1.807, 2.05) is 0 Å². The van der Waals surface area contributed by atoms with Gasteiger partial charge in [0.05, 0.1) is 18.4 Å². The molecular formula is C13H15NO4. The van der Waals surface area contributed by atoms with E-state index < -0.39 is 5.97 Å². The van der Waals surface area contributed by atoms with Gasteiger partial charge in [-0.25, -0.2) is 4.79 Å². The standard InChI is InChI=1S/C13H15NO4/c1-18-9-4-5-11(10(7-9)13(16)17)14-12(15)6-8-2-3-8/h4-5,7-8H,2-3,6H2,1H3,(H,14,15)(H,16,17). The highest BCUT2D eigenvalue weighted by Crippen LogP contribution is 2.33. The van der Waals surface area contributed by atoms with E-state index in [0.717, 1.165) is 12.8 Å². The Bertz CT molecular complexity index is 480. The molecule has 1 aliphatic rings. The maximum Gasteiger partial charge on any atom is 0.337 e. The van der Waals surface area contributed by atoms with E-state index in [2.05, 4.69) is 5.32 Å². The van der Waals surface area contributed by atoms with Crippen molar-refractivity contribution in [2.45, 2.75) is 19.3 Å². The van der Waals surface area contributed by atoms with E-state index in [0.29, 0.717) is 23.8 Å². The zero-order valence-corrected chi connectivity index (χ0v) is 10.1. The number of benzene rings is 1. The number of carbonyl (C=O) groups excluding carboxylic acids is 1. The molecule has 0 unspecified atom stereocenters. The van der Waals surface area contributed by atoms with Crippen LogP contribution in [0.4, 0.5) is 5.69 Å². The Labute approximate surface area is 105 Å². The number of carbonyl (C=O) groups is 2. The number of hydrogen-bond donors (Lipinski definition) is 2. The molecular weight excluding hydrogens is 234 g/mol. The van der Waals surface area contributed by atoms with Gasteiger partial charge in [0.15, 0.2) is 0 Å². The van der Waals surface area contributed by atoms with Crippen LogP contribution >= 0.6 is 0 Å². The Kier molecular flexibility index (Phi) is 3.50. The molecule has 1 fully saturated rings. The van der Waals surface area contributed by atoms with Crippen molar-refractivity contribution in [2.75, 3.05) is 12.4 Å². The summed E-state index contributed by atoms with van der Waals surface area (Å²) >= 11 is 0. The van der Waals surface area contributed by atoms with Gasteiger partial charge in [0.1, 0.15) is 5.75 Å². The normalized spacial score (nSPS) is 14.1. The summed E-state index contributed by atoms with van der Waals surface area (Å²) in [5.74, 6) is -0.301. The highest BCUT2D eigenvalue weighted by Gasteiger charge is 2.25. The number of amides is 1. The third kappa shape index (κ3) is 3.00. The van der Waals surface area contributed by atoms with Crippen molar-refractivity contribution in [1.29, 1.82) is 0 Å². The summed E-state index contributed by atoms with van der Waals surface area (Å²) in [6.07, 6.45) is 2.63. The molecule has 2 rings (SSSR count). The molecule has 1 amide bonds. The van der Waals surface area contributed by atoms with Gasteiger partial charge in [-0.1, -0.05) is 0 Å². The maximum absolute atomic E-state index is 11.7. The molecule has 0 saturated heterocycles. The van der Waals surface area contributed by atoms with E-state index in [-0.39, 0.29) is 11.5 Å². The number of aromatic carboxylic acids is 1. The first-order valence-electron chi connectivity index (χ1n) is 5.81. The molecule has 0 heterocycles. The van der Waals surface area contributed by atoms with Gasteiger partial charge in [-0.2, -0.15) is 0 Å². The summed E-state index contributed by atoms with van der Waals surface area (Å²) in [7, 11) is 1.46. The number of methoxy groups -OCH3 is 1. The number of anilines is 1. The van der Waals surface area contributed by atoms with Crippen LogP contribution in [0.1, 0.15) is 29.6 Å². The molecule has 5 nitrogen and oxygen atoms in total. The molecule has 0 atom stereocenters. The minimum absolute atomic E-state index is 0.0403. The average molecular weight is 249 g/mol. The van der Waals surface area contributed by atoms with Crippen molar-refractivity contribution >= 4 is 17.6 Å². The number of nitrogens with one attached hydrogen (secondary N) is 1. The summed E-state index contributed by atoms with van der Waals surface area (Å²) in [4.78, 5) is 22.8. The van der Waals surface area contributed by atoms with Crippen molar-refractivity contribution in [3.8, 4) is 5.75 Å². The summed E-state index contributed by atoms with van der Waals surface area (Å²) in [6, 6.07) is 4.57. The number of carboxylic acid groups (broad SMARTS) is 1. The van der Waals surface area contributed by atoms with Crippen LogP contribution in [0.3, 0.4) is 0 Å². The number of hydrogen-bond acceptors (Lipinski definition) is 3. The smallest absolute Gasteiger partial charge is 0.337 e. The van der Waals surface area contributed by atoms with Crippen molar-refractivity contribution in [2.24, 2.45) is 5.92 Å². The highest BCUT2D eigenvalue weighted by molar-refractivity contribution is 6.00. The lowest BCUT2D eigenvalue weighted by atomic mass is 10.1. The second kappa shape index (κ2) is 5.08. The van der Waals surface area contributed by atoms with Gasteiger partial charge < -0.3 is 15.2 Å². The lowest BCUT2D eigenvalue weighted by Gasteiger charge is -2.09. The highest BCUT2D eigenvalue weighted by atomic mass is 16.5. The Hall–Kier alpha value is -2.04. The predicted octanol–water partition coefficient (Wildman–Crippen LogP) is 2.13. The lowest BCUT2D eigenvalue weighted by molar-refractivity contribution is -0.116. The maximum atomic E-state index is 11.7. The molecule has 0 bridgehead atoms. The summed E-state index contributed by atoms with van der Waals surface area (Å²) < 4.78 is 4.96. The Morgan fingerprint density at radius 3 is 2.72 bits per heavy atom. The molecule has 1 aromatic rings. The molecule has 18 heavy (non-hydrogen) atoms. The van der Waals surface area contributed by atoms with E-state index in [4.69, 9.17) is 9.84 Å². The fourth-order valence-electron chi connectivity index (χ4n) is 1.72. The third-order valence-corrected chi connectivity index (χ3v) is 2.90. The largest absolute Gasteiger partial charge is 0.497 e. The molecule has 2 N–H and O–H groups in total. The van der Waals surface area contributed by atoms with Gasteiger partial charge in [-0.3, -0.25) is 4.79 Å². The van der Waals surface area contributed by atoms with Crippen LogP contribution in [0.15, 0.2) is 18.2 Å². The van der Waals surface area contributed by atoms with Gasteiger partial charge in [-0.15, -0.1) is 0 Å². The van der Waals surface area contributed by atoms with Crippen LogP contribution < -0.4 is 10.1 Å². The number of carboxylic acids is 1. The summed E-state index contributed by atoms with van der Waals surface area (Å²) in [5.41, 5.74) is 0.354. The molecule has 5 heteroatoms. The molecule has 0 aromatic heterocycles. The van der Waals surface area contributed by atoms with Gasteiger partial charge in [0.2, 0.25) is 5.91 Å². The SMILES string of the molecule is COc1ccc(NC(=O)CC2CC2)c(C(=O)O)c1. The third-order valence-electron chi connectivity index (χ3n) is 2.90. The molecule has 0 radical (unpaired) electrons. The van der Waals surface area contributed by atoms with E-state index in [1.54, 1.807) is 12.1 Å². The molecule has 1 aliphatic carbocycles. The first kappa shape index (κ1) is 12.4. The second-order valence-corrected chi connectivity index (χ2v) is 4.41. The minimum atomic E-state index is -1.09. The lowest BCUT2D eigenvalue weighted by Crippen LogP contribution is -2.15. The predicted molar refractivity (Wildman–Crippen MR) is 65.9 cm³/mol. The quantitative estimate of drug-likeness (QED) is 0.838. The Morgan fingerprint density at radius 1 is 1.44 bits per heavy atom. The monoisotopic (exact) mass is 249 g/mol. The van der Waals surface area contributed by atoms with Crippen LogP contribution in [0.2, 0.25) is 0 Å². The average Bonchev–Trinajstić information content (AvgIpc) is 3.13. The molecule has 1 saturated carbocycles. The zero-order chi connectivity index (χ0) is 13.1. The topological polar surface area (TPSA) is 75.6 Å². The molecule has 0 spiro atoms. The Morgan fingerprint density at radius 2 is 2.17 bits per heavy atom. The van der Waals surface area contributed by atoms with Crippen LogP contribution in [-0.2, 0) is 4.79 Å². The minimum Gasteiger partial charge on any atom is -0.497 e. The van der Waals surface area contributed by atoms with Crippen LogP contribution in [0.25, 0.3) is 0 Å². The van der Waals surface area contributed by atoms with Crippen molar-refractivity contribution in [1.82, 2.24) is 0 Å². The van der Waals surface area contributed by atoms with Gasteiger partial charge in [0, 0.05) is 6.42 Å². The van der Waals surface area contributed by atoms with Crippen molar-refractivity contribution in [3.63, 3.8) is 0 Å². The molecule has 96 valence electrons. The van der Waals surface area contributed by atoms with Crippen molar-refractivity contribution < 1.29 is 19.4 Å². The first-order chi connectivity index (χ1) is 8.60. The fourth-order valence-corrected chi connectivity index (χ4v) is 1.72. The first-order valence-corrected chi connectivity index (χ1v) is 5.81. The number of ether oxygens (including phenoxy) is 1. The van der Waals surface area contributed by atoms with E-state index >= 15 is 0 Å². The molecule has 0 aliphatic heterocycles. The number of rotatable bonds is 5. The van der Waals surface area contributed by atoms with Gasteiger partial charge in [0.25, 0.3) is 0 Å². The summed E-state index contributed by atoms with van der Waals surface area (Å²) in [6.45, 7) is 0. The van der Waals surface area contributed by atoms with Crippen LogP contribution in [0, 0.1) is 5.92 Å². The Balaban J connectivity index is 2.14. The van der Waals surface area contributed by atoms with E-state index in [9.17, 15) is 9.59 Å². The van der Waals surface area contributed by atoms with Crippen molar-refractivity contribution in [3.05, 3.63) is 23.8 Å². The molecule has 1 aromatic carbocycles.